The second-order valence-electron chi connectivity index (χ2n) is 3.29. The highest BCUT2D eigenvalue weighted by atomic mass is 16.5. The van der Waals surface area contributed by atoms with Crippen molar-refractivity contribution in [3.63, 3.8) is 0 Å². The molecule has 1 aliphatic rings. The van der Waals surface area contributed by atoms with Crippen LogP contribution in [-0.4, -0.2) is 38.4 Å². The van der Waals surface area contributed by atoms with Crippen molar-refractivity contribution in [2.75, 3.05) is 26.2 Å². The third-order valence-electron chi connectivity index (χ3n) is 2.11. The van der Waals surface area contributed by atoms with Gasteiger partial charge in [-0.3, -0.25) is 0 Å². The summed E-state index contributed by atoms with van der Waals surface area (Å²) in [4.78, 5) is 0. The van der Waals surface area contributed by atoms with Crippen molar-refractivity contribution in [2.45, 2.75) is 25.0 Å². The Morgan fingerprint density at radius 2 is 2.42 bits per heavy atom. The van der Waals surface area contributed by atoms with E-state index in [4.69, 9.17) is 16.2 Å². The smallest absolute Gasteiger partial charge is 0.0700 e. The summed E-state index contributed by atoms with van der Waals surface area (Å²) < 4.78 is 5.43. The monoisotopic (exact) mass is 173 g/mol. The highest BCUT2D eigenvalue weighted by Crippen LogP contribution is 2.10. The molecule has 0 aliphatic carbocycles. The van der Waals surface area contributed by atoms with E-state index in [0.29, 0.717) is 12.6 Å². The molecule has 0 aromatic carbocycles. The molecule has 0 bridgehead atoms. The lowest BCUT2D eigenvalue weighted by Crippen LogP contribution is -2.41. The highest BCUT2D eigenvalue weighted by molar-refractivity contribution is 4.70. The van der Waals surface area contributed by atoms with Gasteiger partial charge < -0.3 is 21.5 Å². The maximum atomic E-state index is 5.63. The Labute approximate surface area is 73.6 Å². The molecule has 2 atom stereocenters. The first-order valence-corrected chi connectivity index (χ1v) is 4.61. The van der Waals surface area contributed by atoms with Gasteiger partial charge in [0.15, 0.2) is 0 Å². The van der Waals surface area contributed by atoms with Gasteiger partial charge >= 0.3 is 0 Å². The number of rotatable bonds is 5. The number of ether oxygens (including phenoxy) is 1. The van der Waals surface area contributed by atoms with Gasteiger partial charge in [-0.1, -0.05) is 0 Å². The van der Waals surface area contributed by atoms with Crippen molar-refractivity contribution in [3.05, 3.63) is 0 Å². The fourth-order valence-corrected chi connectivity index (χ4v) is 1.32. The Balaban J connectivity index is 1.94. The second-order valence-corrected chi connectivity index (χ2v) is 3.29. The summed E-state index contributed by atoms with van der Waals surface area (Å²) >= 11 is 0. The van der Waals surface area contributed by atoms with Gasteiger partial charge in [-0.15, -0.1) is 0 Å². The number of hydrogen-bond donors (Lipinski definition) is 3. The predicted molar refractivity (Wildman–Crippen MR) is 48.9 cm³/mol. The molecule has 1 fully saturated rings. The van der Waals surface area contributed by atoms with Crippen LogP contribution in [0, 0.1) is 0 Å². The van der Waals surface area contributed by atoms with Gasteiger partial charge in [0.2, 0.25) is 0 Å². The van der Waals surface area contributed by atoms with Gasteiger partial charge in [0.05, 0.1) is 6.10 Å². The van der Waals surface area contributed by atoms with Gasteiger partial charge in [-0.25, -0.2) is 0 Å². The molecule has 0 aromatic rings. The molecule has 0 radical (unpaired) electrons. The molecule has 72 valence electrons. The topological polar surface area (TPSA) is 73.3 Å². The van der Waals surface area contributed by atoms with Crippen LogP contribution in [-0.2, 0) is 4.74 Å². The molecule has 12 heavy (non-hydrogen) atoms. The van der Waals surface area contributed by atoms with E-state index >= 15 is 0 Å². The molecule has 1 heterocycles. The van der Waals surface area contributed by atoms with Gasteiger partial charge in [-0.05, 0) is 12.8 Å². The van der Waals surface area contributed by atoms with Crippen LogP contribution in [0.2, 0.25) is 0 Å². The minimum absolute atomic E-state index is 0.0754. The first kappa shape index (κ1) is 9.92. The fourth-order valence-electron chi connectivity index (χ4n) is 1.32. The third kappa shape index (κ3) is 3.49. The van der Waals surface area contributed by atoms with Crippen molar-refractivity contribution < 1.29 is 4.74 Å². The van der Waals surface area contributed by atoms with Gasteiger partial charge in [0, 0.05) is 32.3 Å². The fraction of sp³-hybridized carbons (Fsp3) is 1.00. The van der Waals surface area contributed by atoms with E-state index in [1.165, 1.54) is 12.8 Å². The van der Waals surface area contributed by atoms with E-state index < -0.39 is 0 Å². The first-order chi connectivity index (χ1) is 5.83. The van der Waals surface area contributed by atoms with Crippen LogP contribution < -0.4 is 16.8 Å². The normalized spacial score (nSPS) is 26.0. The van der Waals surface area contributed by atoms with Crippen molar-refractivity contribution in [2.24, 2.45) is 11.5 Å². The summed E-state index contributed by atoms with van der Waals surface area (Å²) in [5, 5.41) is 3.25. The van der Waals surface area contributed by atoms with E-state index in [9.17, 15) is 0 Å². The Kier molecular flexibility index (Phi) is 4.53. The Hall–Kier alpha value is -0.160. The summed E-state index contributed by atoms with van der Waals surface area (Å²) in [6.45, 7) is 3.15. The van der Waals surface area contributed by atoms with Crippen molar-refractivity contribution >= 4 is 0 Å². The van der Waals surface area contributed by atoms with Gasteiger partial charge in [-0.2, -0.15) is 0 Å². The van der Waals surface area contributed by atoms with Crippen molar-refractivity contribution in [1.82, 2.24) is 5.32 Å². The van der Waals surface area contributed by atoms with E-state index in [0.717, 1.165) is 19.7 Å². The molecule has 0 spiro atoms. The lowest BCUT2D eigenvalue weighted by atomic mass is 10.2. The largest absolute Gasteiger partial charge is 0.377 e. The van der Waals surface area contributed by atoms with Crippen LogP contribution >= 0.6 is 0 Å². The maximum Gasteiger partial charge on any atom is 0.0700 e. The SMILES string of the molecule is NCC(N)CNCC1CCCO1. The van der Waals surface area contributed by atoms with Crippen LogP contribution in [0.1, 0.15) is 12.8 Å². The maximum absolute atomic E-state index is 5.63. The van der Waals surface area contributed by atoms with E-state index in [2.05, 4.69) is 5.32 Å². The molecular formula is C8H19N3O. The zero-order chi connectivity index (χ0) is 8.81. The molecule has 2 unspecified atom stereocenters. The molecule has 5 N–H and O–H groups in total. The van der Waals surface area contributed by atoms with Crippen LogP contribution in [0.25, 0.3) is 0 Å². The lowest BCUT2D eigenvalue weighted by Gasteiger charge is -2.13. The van der Waals surface area contributed by atoms with Gasteiger partial charge in [0.25, 0.3) is 0 Å². The average molecular weight is 173 g/mol. The van der Waals surface area contributed by atoms with Gasteiger partial charge in [0.1, 0.15) is 0 Å². The minimum Gasteiger partial charge on any atom is -0.377 e. The summed E-state index contributed by atoms with van der Waals surface area (Å²) in [5.41, 5.74) is 11.0. The Morgan fingerprint density at radius 1 is 1.58 bits per heavy atom. The predicted octanol–water partition coefficient (Wildman–Crippen LogP) is -0.959. The summed E-state index contributed by atoms with van der Waals surface area (Å²) in [6.07, 6.45) is 2.76. The molecular weight excluding hydrogens is 154 g/mol. The second kappa shape index (κ2) is 5.48. The molecule has 1 rings (SSSR count). The summed E-state index contributed by atoms with van der Waals surface area (Å²) in [7, 11) is 0. The Morgan fingerprint density at radius 3 is 3.00 bits per heavy atom. The van der Waals surface area contributed by atoms with E-state index in [1.807, 2.05) is 0 Å². The lowest BCUT2D eigenvalue weighted by molar-refractivity contribution is 0.110. The molecule has 4 heteroatoms. The van der Waals surface area contributed by atoms with Crippen LogP contribution in [0.15, 0.2) is 0 Å². The third-order valence-corrected chi connectivity index (χ3v) is 2.11. The van der Waals surface area contributed by atoms with Crippen LogP contribution in [0.4, 0.5) is 0 Å². The minimum atomic E-state index is 0.0754. The quantitative estimate of drug-likeness (QED) is 0.501. The van der Waals surface area contributed by atoms with Crippen LogP contribution in [0.5, 0.6) is 0 Å². The molecule has 1 aliphatic heterocycles. The molecule has 4 nitrogen and oxygen atoms in total. The number of nitrogens with one attached hydrogen (secondary N) is 1. The molecule has 0 aromatic heterocycles. The molecule has 0 saturated carbocycles. The zero-order valence-corrected chi connectivity index (χ0v) is 7.46. The standard InChI is InChI=1S/C8H19N3O/c9-4-7(10)5-11-6-8-2-1-3-12-8/h7-8,11H,1-6,9-10H2. The van der Waals surface area contributed by atoms with E-state index in [-0.39, 0.29) is 6.04 Å². The highest BCUT2D eigenvalue weighted by Gasteiger charge is 2.14. The molecule has 0 amide bonds. The Bertz CT molecular complexity index is 115. The summed E-state index contributed by atoms with van der Waals surface area (Å²) in [5.74, 6) is 0. The van der Waals surface area contributed by atoms with Crippen LogP contribution in [0.3, 0.4) is 0 Å². The number of hydrogen-bond acceptors (Lipinski definition) is 4. The zero-order valence-electron chi connectivity index (χ0n) is 7.46. The van der Waals surface area contributed by atoms with Crippen molar-refractivity contribution in [1.29, 1.82) is 0 Å². The average Bonchev–Trinajstić information content (AvgIpc) is 2.57. The summed E-state index contributed by atoms with van der Waals surface area (Å²) in [6, 6.07) is 0.0754. The first-order valence-electron chi connectivity index (χ1n) is 4.61. The number of nitrogens with two attached hydrogens (primary N) is 2. The molecule has 1 saturated heterocycles. The van der Waals surface area contributed by atoms with Crippen molar-refractivity contribution in [3.8, 4) is 0 Å². The van der Waals surface area contributed by atoms with E-state index in [1.54, 1.807) is 0 Å².